The average Bonchev–Trinajstić information content (AvgIpc) is 2.92. The van der Waals surface area contributed by atoms with Crippen LogP contribution in [0.4, 0.5) is 0 Å². The summed E-state index contributed by atoms with van der Waals surface area (Å²) in [6.07, 6.45) is 1.65. The fourth-order valence-corrected chi connectivity index (χ4v) is 5.94. The Morgan fingerprint density at radius 2 is 2.12 bits per heavy atom. The molecule has 2 heterocycles. The highest BCUT2D eigenvalue weighted by Crippen LogP contribution is 2.27. The van der Waals surface area contributed by atoms with Crippen LogP contribution in [-0.4, -0.2) is 40.9 Å². The Morgan fingerprint density at radius 1 is 1.33 bits per heavy atom. The van der Waals surface area contributed by atoms with Gasteiger partial charge in [0.05, 0.1) is 23.0 Å². The van der Waals surface area contributed by atoms with Gasteiger partial charge in [-0.25, -0.2) is 21.6 Å². The number of fused-ring (bicyclic) bond motifs is 1. The third kappa shape index (κ3) is 3.89. The molecule has 7 nitrogen and oxygen atoms in total. The number of benzene rings is 1. The Bertz CT molecular complexity index is 860. The highest BCUT2D eigenvalue weighted by molar-refractivity contribution is 7.91. The summed E-state index contributed by atoms with van der Waals surface area (Å²) in [4.78, 5) is 12.0. The zero-order valence-corrected chi connectivity index (χ0v) is 14.7. The number of hydrogen-bond donors (Lipinski definition) is 1. The van der Waals surface area contributed by atoms with Crippen LogP contribution >= 0.6 is 0 Å². The topological polar surface area (TPSA) is 107 Å². The molecule has 0 radical (unpaired) electrons. The minimum Gasteiger partial charge on any atom is -0.493 e. The fraction of sp³-hybridized carbons (Fsp3) is 0.533. The van der Waals surface area contributed by atoms with Crippen LogP contribution in [0, 0.1) is 5.92 Å². The number of nitrogens with one attached hydrogen (secondary N) is 1. The molecule has 2 aliphatic heterocycles. The minimum atomic E-state index is -3.97. The number of rotatable bonds is 4. The predicted octanol–water partition coefficient (Wildman–Crippen LogP) is 0.641. The lowest BCUT2D eigenvalue weighted by Crippen LogP contribution is -2.34. The molecular weight excluding hydrogens is 354 g/mol. The molecule has 1 atom stereocenters. The quantitative estimate of drug-likeness (QED) is 0.830. The highest BCUT2D eigenvalue weighted by Gasteiger charge is 2.28. The molecule has 2 aliphatic rings. The van der Waals surface area contributed by atoms with Gasteiger partial charge in [0.25, 0.3) is 10.0 Å². The smallest absolute Gasteiger partial charge is 0.264 e. The molecule has 0 spiro atoms. The number of sulfone groups is 1. The van der Waals surface area contributed by atoms with E-state index >= 15 is 0 Å². The maximum absolute atomic E-state index is 12.3. The maximum atomic E-state index is 12.3. The highest BCUT2D eigenvalue weighted by atomic mass is 32.2. The van der Waals surface area contributed by atoms with Crippen molar-refractivity contribution in [3.63, 3.8) is 0 Å². The van der Waals surface area contributed by atoms with E-state index in [1.807, 2.05) is 4.72 Å². The molecule has 3 rings (SSSR count). The molecule has 1 N–H and O–H groups in total. The predicted molar refractivity (Wildman–Crippen MR) is 87.0 cm³/mol. The monoisotopic (exact) mass is 373 g/mol. The van der Waals surface area contributed by atoms with Gasteiger partial charge in [0, 0.05) is 12.8 Å². The van der Waals surface area contributed by atoms with Gasteiger partial charge in [-0.2, -0.15) is 0 Å². The molecule has 132 valence electrons. The van der Waals surface area contributed by atoms with E-state index in [-0.39, 0.29) is 28.7 Å². The van der Waals surface area contributed by atoms with E-state index in [1.54, 1.807) is 6.07 Å². The van der Waals surface area contributed by atoms with E-state index in [0.29, 0.717) is 31.6 Å². The van der Waals surface area contributed by atoms with E-state index in [9.17, 15) is 21.6 Å². The summed E-state index contributed by atoms with van der Waals surface area (Å²) in [5.74, 6) is -0.258. The van der Waals surface area contributed by atoms with Gasteiger partial charge in [0.15, 0.2) is 9.84 Å². The van der Waals surface area contributed by atoms with Crippen molar-refractivity contribution < 1.29 is 26.4 Å². The SMILES string of the molecule is O=C(CC1CCCS(=O)(=O)C1)NS(=O)(=O)c1ccc2c(c1)CCO2. The lowest BCUT2D eigenvalue weighted by molar-refractivity contribution is -0.120. The second-order valence-corrected chi connectivity index (χ2v) is 10.1. The third-order valence-electron chi connectivity index (χ3n) is 4.25. The first-order valence-electron chi connectivity index (χ1n) is 7.77. The van der Waals surface area contributed by atoms with Crippen molar-refractivity contribution in [1.82, 2.24) is 4.72 Å². The first-order chi connectivity index (χ1) is 11.3. The van der Waals surface area contributed by atoms with Crippen molar-refractivity contribution in [2.45, 2.75) is 30.6 Å². The van der Waals surface area contributed by atoms with Gasteiger partial charge in [-0.1, -0.05) is 0 Å². The molecule has 0 saturated carbocycles. The van der Waals surface area contributed by atoms with Gasteiger partial charge >= 0.3 is 0 Å². The maximum Gasteiger partial charge on any atom is 0.264 e. The van der Waals surface area contributed by atoms with Gasteiger partial charge in [0.1, 0.15) is 5.75 Å². The summed E-state index contributed by atoms with van der Waals surface area (Å²) in [7, 11) is -7.09. The Morgan fingerprint density at radius 3 is 2.88 bits per heavy atom. The first-order valence-corrected chi connectivity index (χ1v) is 11.1. The number of sulfonamides is 1. The van der Waals surface area contributed by atoms with Crippen molar-refractivity contribution >= 4 is 25.8 Å². The lowest BCUT2D eigenvalue weighted by Gasteiger charge is -2.21. The summed E-state index contributed by atoms with van der Waals surface area (Å²) >= 11 is 0. The Hall–Kier alpha value is -1.61. The van der Waals surface area contributed by atoms with E-state index < -0.39 is 25.8 Å². The molecule has 0 aliphatic carbocycles. The van der Waals surface area contributed by atoms with Crippen LogP contribution in [0.2, 0.25) is 0 Å². The normalized spacial score (nSPS) is 22.4. The van der Waals surface area contributed by atoms with Crippen LogP contribution in [0.5, 0.6) is 5.75 Å². The second-order valence-electron chi connectivity index (χ2n) is 6.22. The van der Waals surface area contributed by atoms with E-state index in [0.717, 1.165) is 5.56 Å². The summed E-state index contributed by atoms with van der Waals surface area (Å²) in [6, 6.07) is 4.48. The largest absolute Gasteiger partial charge is 0.493 e. The van der Waals surface area contributed by atoms with Gasteiger partial charge in [0.2, 0.25) is 5.91 Å². The van der Waals surface area contributed by atoms with Gasteiger partial charge in [-0.05, 0) is 42.5 Å². The molecule has 24 heavy (non-hydrogen) atoms. The number of carbonyl (C=O) groups excluding carboxylic acids is 1. The van der Waals surface area contributed by atoms with Crippen molar-refractivity contribution in [2.75, 3.05) is 18.1 Å². The number of ether oxygens (including phenoxy) is 1. The zero-order valence-electron chi connectivity index (χ0n) is 13.0. The van der Waals surface area contributed by atoms with Gasteiger partial charge < -0.3 is 4.74 Å². The van der Waals surface area contributed by atoms with Crippen molar-refractivity contribution in [3.8, 4) is 5.75 Å². The van der Waals surface area contributed by atoms with Crippen LogP contribution < -0.4 is 9.46 Å². The fourth-order valence-electron chi connectivity index (χ4n) is 3.12. The third-order valence-corrected chi connectivity index (χ3v) is 7.51. The molecule has 1 unspecified atom stereocenters. The number of hydrogen-bond acceptors (Lipinski definition) is 6. The Kier molecular flexibility index (Phi) is 4.56. The first kappa shape index (κ1) is 17.2. The van der Waals surface area contributed by atoms with E-state index in [1.165, 1.54) is 12.1 Å². The van der Waals surface area contributed by atoms with E-state index in [2.05, 4.69) is 0 Å². The molecule has 1 amide bonds. The molecule has 1 aromatic carbocycles. The summed E-state index contributed by atoms with van der Waals surface area (Å²) < 4.78 is 55.2. The molecule has 0 aromatic heterocycles. The molecule has 1 saturated heterocycles. The van der Waals surface area contributed by atoms with Crippen LogP contribution in [0.15, 0.2) is 23.1 Å². The van der Waals surface area contributed by atoms with Crippen molar-refractivity contribution in [1.29, 1.82) is 0 Å². The lowest BCUT2D eigenvalue weighted by atomic mass is 10.0. The minimum absolute atomic E-state index is 0.0105. The summed E-state index contributed by atoms with van der Waals surface area (Å²) in [5.41, 5.74) is 0.795. The molecule has 0 bridgehead atoms. The summed E-state index contributed by atoms with van der Waals surface area (Å²) in [5, 5.41) is 0. The van der Waals surface area contributed by atoms with Crippen LogP contribution in [0.3, 0.4) is 0 Å². The molecule has 1 fully saturated rings. The Labute approximate surface area is 141 Å². The van der Waals surface area contributed by atoms with Crippen molar-refractivity contribution in [3.05, 3.63) is 23.8 Å². The van der Waals surface area contributed by atoms with Crippen LogP contribution in [0.25, 0.3) is 0 Å². The van der Waals surface area contributed by atoms with Crippen molar-refractivity contribution in [2.24, 2.45) is 5.92 Å². The second kappa shape index (κ2) is 6.36. The Balaban J connectivity index is 1.67. The number of carbonyl (C=O) groups is 1. The molecular formula is C15H19NO6S2. The zero-order chi connectivity index (χ0) is 17.4. The number of amides is 1. The van der Waals surface area contributed by atoms with E-state index in [4.69, 9.17) is 4.74 Å². The van der Waals surface area contributed by atoms with Gasteiger partial charge in [-0.3, -0.25) is 4.79 Å². The molecule has 1 aromatic rings. The van der Waals surface area contributed by atoms with Crippen LogP contribution in [-0.2, 0) is 31.1 Å². The summed E-state index contributed by atoms with van der Waals surface area (Å²) in [6.45, 7) is 0.515. The average molecular weight is 373 g/mol. The standard InChI is InChI=1S/C15H19NO6S2/c17-15(8-11-2-1-7-23(18,19)10-11)16-24(20,21)13-3-4-14-12(9-13)5-6-22-14/h3-4,9,11H,1-2,5-8,10H2,(H,16,17). The molecule has 9 heteroatoms. The van der Waals surface area contributed by atoms with Gasteiger partial charge in [-0.15, -0.1) is 0 Å². The van der Waals surface area contributed by atoms with Crippen LogP contribution in [0.1, 0.15) is 24.8 Å².